The molecule has 1 saturated heterocycles. The Morgan fingerprint density at radius 2 is 1.97 bits per heavy atom. The third-order valence-electron chi connectivity index (χ3n) is 5.21. The number of amides is 1. The fourth-order valence-electron chi connectivity index (χ4n) is 3.59. The van der Waals surface area contributed by atoms with Gasteiger partial charge >= 0.3 is 0 Å². The summed E-state index contributed by atoms with van der Waals surface area (Å²) in [6.45, 7) is 4.74. The standard InChI is InChI=1S/C18H23N7O4S/c1-3-11-30(28,29)23-9-7-22(8-10-23)17(27)14-12-19-25(13(14)2)18-20-16(26)15-5-4-6-24(15)21-18/h4-6,12H,3,7-11H2,1-2H3,(H,20,21,26). The maximum absolute atomic E-state index is 13.0. The van der Waals surface area contributed by atoms with Crippen LogP contribution in [-0.4, -0.2) is 79.8 Å². The highest BCUT2D eigenvalue weighted by Gasteiger charge is 2.30. The molecule has 3 aromatic heterocycles. The van der Waals surface area contributed by atoms with Crippen molar-refractivity contribution in [2.75, 3.05) is 31.9 Å². The number of piperazine rings is 1. The third-order valence-corrected chi connectivity index (χ3v) is 7.29. The summed E-state index contributed by atoms with van der Waals surface area (Å²) in [6.07, 6.45) is 3.66. The zero-order valence-corrected chi connectivity index (χ0v) is 17.6. The van der Waals surface area contributed by atoms with Gasteiger partial charge in [0.05, 0.1) is 23.2 Å². The second-order valence-electron chi connectivity index (χ2n) is 7.18. The van der Waals surface area contributed by atoms with Gasteiger partial charge in [0.1, 0.15) is 5.52 Å². The van der Waals surface area contributed by atoms with Crippen LogP contribution in [0.5, 0.6) is 0 Å². The normalized spacial score (nSPS) is 15.7. The monoisotopic (exact) mass is 433 g/mol. The minimum Gasteiger partial charge on any atom is -0.336 e. The first-order valence-electron chi connectivity index (χ1n) is 9.71. The van der Waals surface area contributed by atoms with Gasteiger partial charge in [0, 0.05) is 32.4 Å². The van der Waals surface area contributed by atoms with Gasteiger partial charge in [0.2, 0.25) is 16.0 Å². The van der Waals surface area contributed by atoms with E-state index in [2.05, 4.69) is 15.2 Å². The molecule has 0 radical (unpaired) electrons. The first-order valence-corrected chi connectivity index (χ1v) is 11.3. The SMILES string of the molecule is CCCS(=O)(=O)N1CCN(C(=O)c2cnn(-c3nn4cccc4c(=O)[nH]3)c2C)CC1. The second-order valence-corrected chi connectivity index (χ2v) is 9.27. The summed E-state index contributed by atoms with van der Waals surface area (Å²) < 4.78 is 28.7. The van der Waals surface area contributed by atoms with Gasteiger partial charge in [0.25, 0.3) is 11.5 Å². The Balaban J connectivity index is 1.54. The van der Waals surface area contributed by atoms with Gasteiger partial charge in [-0.25, -0.2) is 17.6 Å². The van der Waals surface area contributed by atoms with Gasteiger partial charge in [-0.15, -0.1) is 5.10 Å². The summed E-state index contributed by atoms with van der Waals surface area (Å²) in [5, 5.41) is 8.56. The summed E-state index contributed by atoms with van der Waals surface area (Å²) >= 11 is 0. The van der Waals surface area contributed by atoms with Crippen LogP contribution >= 0.6 is 0 Å². The minimum atomic E-state index is -3.27. The molecule has 0 unspecified atom stereocenters. The first-order chi connectivity index (χ1) is 14.3. The number of sulfonamides is 1. The number of nitrogens with one attached hydrogen (secondary N) is 1. The Hall–Kier alpha value is -2.99. The molecule has 30 heavy (non-hydrogen) atoms. The largest absolute Gasteiger partial charge is 0.336 e. The molecule has 4 heterocycles. The summed E-state index contributed by atoms with van der Waals surface area (Å²) in [6, 6.07) is 3.37. The van der Waals surface area contributed by atoms with Gasteiger partial charge in [-0.1, -0.05) is 6.92 Å². The summed E-state index contributed by atoms with van der Waals surface area (Å²) in [4.78, 5) is 29.5. The molecule has 3 aromatic rings. The molecule has 0 aromatic carbocycles. The van der Waals surface area contributed by atoms with Crippen LogP contribution < -0.4 is 5.56 Å². The molecule has 0 atom stereocenters. The number of nitrogens with zero attached hydrogens (tertiary/aromatic N) is 6. The highest BCUT2D eigenvalue weighted by atomic mass is 32.2. The average Bonchev–Trinajstić information content (AvgIpc) is 3.34. The molecule has 4 rings (SSSR count). The number of carbonyl (C=O) groups excluding carboxylic acids is 1. The van der Waals surface area contributed by atoms with E-state index in [-0.39, 0.29) is 36.3 Å². The van der Waals surface area contributed by atoms with Crippen LogP contribution in [0.25, 0.3) is 11.5 Å². The lowest BCUT2D eigenvalue weighted by molar-refractivity contribution is 0.0697. The molecule has 11 nitrogen and oxygen atoms in total. The number of H-pyrrole nitrogens is 1. The fourth-order valence-corrected chi connectivity index (χ4v) is 5.08. The van der Waals surface area contributed by atoms with Gasteiger partial charge in [-0.2, -0.15) is 9.40 Å². The van der Waals surface area contributed by atoms with Crippen LogP contribution in [0.15, 0.2) is 29.3 Å². The number of fused-ring (bicyclic) bond motifs is 1. The van der Waals surface area contributed by atoms with Crippen molar-refractivity contribution >= 4 is 21.4 Å². The van der Waals surface area contributed by atoms with E-state index in [0.29, 0.717) is 36.3 Å². The molecule has 160 valence electrons. The molecule has 1 aliphatic heterocycles. The number of hydrogen-bond donors (Lipinski definition) is 1. The van der Waals surface area contributed by atoms with Crippen LogP contribution in [0.2, 0.25) is 0 Å². The Morgan fingerprint density at radius 3 is 2.67 bits per heavy atom. The molecule has 0 saturated carbocycles. The van der Waals surface area contributed by atoms with Gasteiger partial charge in [0.15, 0.2) is 0 Å². The lowest BCUT2D eigenvalue weighted by Crippen LogP contribution is -2.51. The first kappa shape index (κ1) is 20.3. The van der Waals surface area contributed by atoms with Crippen LogP contribution in [0.1, 0.15) is 29.4 Å². The summed E-state index contributed by atoms with van der Waals surface area (Å²) in [5.74, 6) is 0.0930. The van der Waals surface area contributed by atoms with Crippen LogP contribution in [0.3, 0.4) is 0 Å². The number of hydrogen-bond acceptors (Lipinski definition) is 6. The zero-order chi connectivity index (χ0) is 21.5. The van der Waals surface area contributed by atoms with E-state index in [9.17, 15) is 18.0 Å². The lowest BCUT2D eigenvalue weighted by atomic mass is 10.2. The van der Waals surface area contributed by atoms with E-state index in [1.807, 2.05) is 6.92 Å². The van der Waals surface area contributed by atoms with Gasteiger partial charge in [-0.05, 0) is 25.5 Å². The molecule has 0 aliphatic carbocycles. The zero-order valence-electron chi connectivity index (χ0n) is 16.8. The number of rotatable bonds is 5. The second kappa shape index (κ2) is 7.69. The summed E-state index contributed by atoms with van der Waals surface area (Å²) in [5.41, 5.74) is 1.03. The Labute approximate surface area is 173 Å². The van der Waals surface area contributed by atoms with Crippen molar-refractivity contribution in [2.45, 2.75) is 20.3 Å². The minimum absolute atomic E-state index is 0.115. The Bertz CT molecular complexity index is 1250. The Kier molecular flexibility index (Phi) is 5.20. The molecule has 1 N–H and O–H groups in total. The smallest absolute Gasteiger partial charge is 0.276 e. The molecule has 12 heteroatoms. The third kappa shape index (κ3) is 3.52. The predicted molar refractivity (Wildman–Crippen MR) is 109 cm³/mol. The van der Waals surface area contributed by atoms with Crippen LogP contribution in [0, 0.1) is 6.92 Å². The van der Waals surface area contributed by atoms with E-state index in [1.165, 1.54) is 19.7 Å². The number of aromatic nitrogens is 5. The van der Waals surface area contributed by atoms with Crippen LogP contribution in [-0.2, 0) is 10.0 Å². The maximum Gasteiger partial charge on any atom is 0.276 e. The van der Waals surface area contributed by atoms with E-state index >= 15 is 0 Å². The van der Waals surface area contributed by atoms with Crippen molar-refractivity contribution in [3.05, 3.63) is 46.1 Å². The van der Waals surface area contributed by atoms with Gasteiger partial charge < -0.3 is 4.90 Å². The van der Waals surface area contributed by atoms with Crippen LogP contribution in [0.4, 0.5) is 0 Å². The highest BCUT2D eigenvalue weighted by Crippen LogP contribution is 2.16. The van der Waals surface area contributed by atoms with Crippen molar-refractivity contribution in [3.63, 3.8) is 0 Å². The fraction of sp³-hybridized carbons (Fsp3) is 0.444. The Morgan fingerprint density at radius 1 is 1.23 bits per heavy atom. The van der Waals surface area contributed by atoms with E-state index in [1.54, 1.807) is 30.2 Å². The topological polar surface area (TPSA) is 126 Å². The lowest BCUT2D eigenvalue weighted by Gasteiger charge is -2.33. The number of carbonyl (C=O) groups is 1. The number of aromatic amines is 1. The maximum atomic E-state index is 13.0. The van der Waals surface area contributed by atoms with Crippen molar-refractivity contribution in [3.8, 4) is 5.95 Å². The van der Waals surface area contributed by atoms with Crippen molar-refractivity contribution in [1.82, 2.24) is 33.6 Å². The van der Waals surface area contributed by atoms with E-state index in [4.69, 9.17) is 0 Å². The molecule has 0 spiro atoms. The van der Waals surface area contributed by atoms with Crippen molar-refractivity contribution in [2.24, 2.45) is 0 Å². The predicted octanol–water partition coefficient (Wildman–Crippen LogP) is 0.0143. The average molecular weight is 433 g/mol. The molecule has 0 bridgehead atoms. The molecule has 1 fully saturated rings. The van der Waals surface area contributed by atoms with Crippen molar-refractivity contribution < 1.29 is 13.2 Å². The molecular formula is C18H23N7O4S. The van der Waals surface area contributed by atoms with Crippen molar-refractivity contribution in [1.29, 1.82) is 0 Å². The summed E-state index contributed by atoms with van der Waals surface area (Å²) in [7, 11) is -3.27. The molecular weight excluding hydrogens is 410 g/mol. The van der Waals surface area contributed by atoms with E-state index < -0.39 is 10.0 Å². The highest BCUT2D eigenvalue weighted by molar-refractivity contribution is 7.89. The quantitative estimate of drug-likeness (QED) is 0.604. The molecule has 1 aliphatic rings. The molecule has 1 amide bonds. The van der Waals surface area contributed by atoms with E-state index in [0.717, 1.165) is 0 Å². The van der Waals surface area contributed by atoms with Gasteiger partial charge in [-0.3, -0.25) is 14.6 Å².